The van der Waals surface area contributed by atoms with Crippen molar-refractivity contribution in [2.75, 3.05) is 13.2 Å². The number of aliphatic carboxylic acids is 1. The highest BCUT2D eigenvalue weighted by Crippen LogP contribution is 2.17. The highest BCUT2D eigenvalue weighted by atomic mass is 19.1. The van der Waals surface area contributed by atoms with Gasteiger partial charge in [0.15, 0.2) is 6.04 Å². The van der Waals surface area contributed by atoms with Crippen LogP contribution in [0.25, 0.3) is 0 Å². The van der Waals surface area contributed by atoms with E-state index in [0.717, 1.165) is 6.42 Å². The molecule has 0 bridgehead atoms. The molecule has 0 heterocycles. The van der Waals surface area contributed by atoms with Crippen LogP contribution in [0.2, 0.25) is 0 Å². The predicted octanol–water partition coefficient (Wildman–Crippen LogP) is 3.42. The highest BCUT2D eigenvalue weighted by molar-refractivity contribution is 5.84. The molecule has 0 saturated carbocycles. The monoisotopic (exact) mass is 373 g/mol. The lowest BCUT2D eigenvalue weighted by molar-refractivity contribution is -0.142. The number of halogens is 1. The summed E-state index contributed by atoms with van der Waals surface area (Å²) in [5.74, 6) is -1.98. The molecular formula is C21H24FNO4. The van der Waals surface area contributed by atoms with Gasteiger partial charge in [-0.3, -0.25) is 4.79 Å². The largest absolute Gasteiger partial charge is 0.479 e. The van der Waals surface area contributed by atoms with Crippen molar-refractivity contribution in [2.45, 2.75) is 32.2 Å². The van der Waals surface area contributed by atoms with Crippen LogP contribution in [-0.4, -0.2) is 30.2 Å². The molecule has 2 rings (SSSR count). The zero-order valence-electron chi connectivity index (χ0n) is 15.3. The Morgan fingerprint density at radius 1 is 1.15 bits per heavy atom. The molecule has 5 nitrogen and oxygen atoms in total. The highest BCUT2D eigenvalue weighted by Gasteiger charge is 2.22. The smallest absolute Gasteiger partial charge is 0.330 e. The van der Waals surface area contributed by atoms with Gasteiger partial charge in [0.25, 0.3) is 0 Å². The Bertz CT molecular complexity index is 764. The van der Waals surface area contributed by atoms with Crippen molar-refractivity contribution >= 4 is 11.9 Å². The van der Waals surface area contributed by atoms with Crippen LogP contribution in [0.15, 0.2) is 48.5 Å². The van der Waals surface area contributed by atoms with Gasteiger partial charge < -0.3 is 15.2 Å². The van der Waals surface area contributed by atoms with Gasteiger partial charge in [-0.1, -0.05) is 42.5 Å². The first-order valence-corrected chi connectivity index (χ1v) is 8.87. The number of carboxylic acid groups (broad SMARTS) is 1. The zero-order chi connectivity index (χ0) is 19.6. The standard InChI is InChI=1S/C21H24FNO4/c1-15-14-17(9-10-18(15)22)20(21(25)26)23-19(24)8-5-12-27-13-11-16-6-3-2-4-7-16/h2-4,6-7,9-10,14,20H,5,8,11-13H2,1H3,(H,23,24)(H,25,26). The number of carbonyl (C=O) groups excluding carboxylic acids is 1. The van der Waals surface area contributed by atoms with Crippen LogP contribution in [0.1, 0.15) is 35.6 Å². The SMILES string of the molecule is Cc1cc(C(NC(=O)CCCOCCc2ccccc2)C(=O)O)ccc1F. The molecule has 27 heavy (non-hydrogen) atoms. The Morgan fingerprint density at radius 3 is 2.56 bits per heavy atom. The molecule has 6 heteroatoms. The second kappa shape index (κ2) is 10.4. The summed E-state index contributed by atoms with van der Waals surface area (Å²) in [6.07, 6.45) is 1.46. The first kappa shape index (κ1) is 20.6. The Balaban J connectivity index is 1.72. The van der Waals surface area contributed by atoms with E-state index >= 15 is 0 Å². The molecule has 0 aromatic heterocycles. The summed E-state index contributed by atoms with van der Waals surface area (Å²) in [5, 5.41) is 11.8. The van der Waals surface area contributed by atoms with Crippen LogP contribution in [-0.2, 0) is 20.7 Å². The molecule has 2 aromatic rings. The fraction of sp³-hybridized carbons (Fsp3) is 0.333. The van der Waals surface area contributed by atoms with Crippen molar-refractivity contribution in [3.05, 3.63) is 71.0 Å². The predicted molar refractivity (Wildman–Crippen MR) is 99.9 cm³/mol. The van der Waals surface area contributed by atoms with E-state index in [2.05, 4.69) is 5.32 Å². The normalized spacial score (nSPS) is 11.8. The number of rotatable bonds is 10. The number of hydrogen-bond donors (Lipinski definition) is 2. The molecule has 0 aliphatic rings. The molecule has 2 aromatic carbocycles. The first-order valence-electron chi connectivity index (χ1n) is 8.87. The van der Waals surface area contributed by atoms with Crippen LogP contribution in [0.5, 0.6) is 0 Å². The van der Waals surface area contributed by atoms with Gasteiger partial charge in [0.2, 0.25) is 5.91 Å². The van der Waals surface area contributed by atoms with Crippen molar-refractivity contribution < 1.29 is 23.8 Å². The minimum atomic E-state index is -1.20. The molecule has 0 fully saturated rings. The summed E-state index contributed by atoms with van der Waals surface area (Å²) in [5.41, 5.74) is 1.86. The maximum Gasteiger partial charge on any atom is 0.330 e. The minimum Gasteiger partial charge on any atom is -0.479 e. The number of ether oxygens (including phenoxy) is 1. The summed E-state index contributed by atoms with van der Waals surface area (Å²) >= 11 is 0. The van der Waals surface area contributed by atoms with Gasteiger partial charge in [-0.2, -0.15) is 0 Å². The van der Waals surface area contributed by atoms with Gasteiger partial charge in [-0.05, 0) is 42.5 Å². The van der Waals surface area contributed by atoms with Gasteiger partial charge in [0.05, 0.1) is 6.61 Å². The molecule has 0 aliphatic heterocycles. The van der Waals surface area contributed by atoms with E-state index in [1.807, 2.05) is 30.3 Å². The summed E-state index contributed by atoms with van der Waals surface area (Å²) in [7, 11) is 0. The van der Waals surface area contributed by atoms with Gasteiger partial charge in [0.1, 0.15) is 5.82 Å². The average molecular weight is 373 g/mol. The molecule has 0 aliphatic carbocycles. The molecule has 1 atom stereocenters. The molecule has 0 radical (unpaired) electrons. The third kappa shape index (κ3) is 6.83. The number of carboxylic acids is 1. The Hall–Kier alpha value is -2.73. The molecule has 1 amide bonds. The molecular weight excluding hydrogens is 349 g/mol. The van der Waals surface area contributed by atoms with E-state index in [1.165, 1.54) is 23.8 Å². The zero-order valence-corrected chi connectivity index (χ0v) is 15.3. The number of aryl methyl sites for hydroxylation is 1. The fourth-order valence-corrected chi connectivity index (χ4v) is 2.64. The van der Waals surface area contributed by atoms with E-state index in [-0.39, 0.29) is 12.3 Å². The topological polar surface area (TPSA) is 75.6 Å². The van der Waals surface area contributed by atoms with Crippen LogP contribution in [0.3, 0.4) is 0 Å². The van der Waals surface area contributed by atoms with Crippen LogP contribution in [0, 0.1) is 12.7 Å². The van der Waals surface area contributed by atoms with E-state index in [9.17, 15) is 19.1 Å². The van der Waals surface area contributed by atoms with Gasteiger partial charge in [-0.15, -0.1) is 0 Å². The van der Waals surface area contributed by atoms with Crippen molar-refractivity contribution in [1.29, 1.82) is 0 Å². The number of amides is 1. The Morgan fingerprint density at radius 2 is 1.89 bits per heavy atom. The van der Waals surface area contributed by atoms with Crippen molar-refractivity contribution in [3.63, 3.8) is 0 Å². The molecule has 2 N–H and O–H groups in total. The van der Waals surface area contributed by atoms with Crippen molar-refractivity contribution in [1.82, 2.24) is 5.32 Å². The maximum atomic E-state index is 13.4. The summed E-state index contributed by atoms with van der Waals surface area (Å²) < 4.78 is 18.9. The van der Waals surface area contributed by atoms with Gasteiger partial charge >= 0.3 is 5.97 Å². The average Bonchev–Trinajstić information content (AvgIpc) is 2.65. The maximum absolute atomic E-state index is 13.4. The lowest BCUT2D eigenvalue weighted by Crippen LogP contribution is -2.33. The van der Waals surface area contributed by atoms with Crippen LogP contribution >= 0.6 is 0 Å². The third-order valence-electron chi connectivity index (χ3n) is 4.14. The molecule has 0 spiro atoms. The molecule has 1 unspecified atom stereocenters. The molecule has 0 saturated heterocycles. The lowest BCUT2D eigenvalue weighted by Gasteiger charge is -2.15. The van der Waals surface area contributed by atoms with Crippen molar-refractivity contribution in [2.24, 2.45) is 0 Å². The summed E-state index contributed by atoms with van der Waals surface area (Å²) in [6.45, 7) is 2.54. The van der Waals surface area contributed by atoms with E-state index in [0.29, 0.717) is 30.8 Å². The number of nitrogens with one attached hydrogen (secondary N) is 1. The Labute approximate surface area is 158 Å². The summed E-state index contributed by atoms with van der Waals surface area (Å²) in [4.78, 5) is 23.5. The fourth-order valence-electron chi connectivity index (χ4n) is 2.64. The second-order valence-electron chi connectivity index (χ2n) is 6.30. The van der Waals surface area contributed by atoms with Crippen molar-refractivity contribution in [3.8, 4) is 0 Å². The number of hydrogen-bond acceptors (Lipinski definition) is 3. The lowest BCUT2D eigenvalue weighted by atomic mass is 10.0. The third-order valence-corrected chi connectivity index (χ3v) is 4.14. The van der Waals surface area contributed by atoms with Crippen LogP contribution < -0.4 is 5.32 Å². The number of carbonyl (C=O) groups is 2. The van der Waals surface area contributed by atoms with Crippen LogP contribution in [0.4, 0.5) is 4.39 Å². The van der Waals surface area contributed by atoms with E-state index < -0.39 is 17.8 Å². The molecule has 144 valence electrons. The number of benzene rings is 2. The van der Waals surface area contributed by atoms with Gasteiger partial charge in [-0.25, -0.2) is 9.18 Å². The minimum absolute atomic E-state index is 0.162. The second-order valence-corrected chi connectivity index (χ2v) is 6.30. The van der Waals surface area contributed by atoms with E-state index in [4.69, 9.17) is 4.74 Å². The first-order chi connectivity index (χ1) is 13.0. The van der Waals surface area contributed by atoms with E-state index in [1.54, 1.807) is 6.92 Å². The van der Waals surface area contributed by atoms with Gasteiger partial charge in [0, 0.05) is 13.0 Å². The summed E-state index contributed by atoms with van der Waals surface area (Å²) in [6, 6.07) is 12.8. The quantitative estimate of drug-likeness (QED) is 0.626. The Kier molecular flexibility index (Phi) is 7.95.